The Morgan fingerprint density at radius 1 is 1.11 bits per heavy atom. The number of nitrogens with one attached hydrogen (secondary N) is 1. The Bertz CT molecular complexity index is 1440. The van der Waals surface area contributed by atoms with Crippen LogP contribution in [-0.4, -0.2) is 22.0 Å². The fourth-order valence-electron chi connectivity index (χ4n) is 4.10. The molecule has 1 aliphatic carbocycles. The summed E-state index contributed by atoms with van der Waals surface area (Å²) in [5, 5.41) is 15.3. The smallest absolute Gasteiger partial charge is 0.283 e. The lowest BCUT2D eigenvalue weighted by atomic mass is 9.95. The number of hydrogen-bond donors (Lipinski definition) is 1. The number of nitrogens with zero attached hydrogens (tertiary/aromatic N) is 3. The van der Waals surface area contributed by atoms with Crippen molar-refractivity contribution in [3.8, 4) is 0 Å². The molecule has 2 aromatic heterocycles. The van der Waals surface area contributed by atoms with Crippen LogP contribution < -0.4 is 5.32 Å². The molecule has 0 fully saturated rings. The number of rotatable bonds is 7. The van der Waals surface area contributed by atoms with Gasteiger partial charge in [-0.3, -0.25) is 19.9 Å². The van der Waals surface area contributed by atoms with Gasteiger partial charge in [-0.25, -0.2) is 4.99 Å². The topological polar surface area (TPSA) is 97.5 Å². The Balaban J connectivity index is 1.45. The van der Waals surface area contributed by atoms with E-state index >= 15 is 0 Å². The third-order valence-corrected chi connectivity index (χ3v) is 8.05. The van der Waals surface area contributed by atoms with E-state index in [1.807, 2.05) is 36.4 Å². The first-order chi connectivity index (χ1) is 17.6. The summed E-state index contributed by atoms with van der Waals surface area (Å²) in [5.41, 5.74) is 2.88. The number of carbonyl (C=O) groups excluding carboxylic acids is 1. The van der Waals surface area contributed by atoms with Crippen LogP contribution in [0.2, 0.25) is 0 Å². The normalized spacial score (nSPS) is 12.9. The van der Waals surface area contributed by atoms with Gasteiger partial charge in [0.1, 0.15) is 5.00 Å². The SMILES string of the molecule is O=C(Nc1cccnc1)c1c(N=Cc2ccc(Sc3ccccc3)c([N+](=O)[O-])c2)sc2c1CCCC2. The number of nitro groups is 1. The Morgan fingerprint density at radius 2 is 1.94 bits per heavy atom. The molecule has 1 amide bonds. The first-order valence-electron chi connectivity index (χ1n) is 11.5. The van der Waals surface area contributed by atoms with E-state index in [-0.39, 0.29) is 16.5 Å². The second kappa shape index (κ2) is 10.8. The van der Waals surface area contributed by atoms with Crippen LogP contribution in [0.15, 0.2) is 87.8 Å². The van der Waals surface area contributed by atoms with Crippen molar-refractivity contribution in [2.45, 2.75) is 35.5 Å². The Labute approximate surface area is 216 Å². The van der Waals surface area contributed by atoms with E-state index in [1.165, 1.54) is 34.0 Å². The van der Waals surface area contributed by atoms with Gasteiger partial charge in [0, 0.05) is 28.3 Å². The highest BCUT2D eigenvalue weighted by atomic mass is 32.2. The van der Waals surface area contributed by atoms with Crippen LogP contribution in [0, 0.1) is 10.1 Å². The van der Waals surface area contributed by atoms with E-state index in [0.717, 1.165) is 36.1 Å². The average Bonchev–Trinajstić information content (AvgIpc) is 3.28. The molecule has 0 bridgehead atoms. The zero-order valence-electron chi connectivity index (χ0n) is 19.2. The fourth-order valence-corrected chi connectivity index (χ4v) is 6.25. The molecule has 0 saturated heterocycles. The average molecular weight is 515 g/mol. The van der Waals surface area contributed by atoms with Crippen molar-refractivity contribution in [1.29, 1.82) is 0 Å². The number of fused-ring (bicyclic) bond motifs is 1. The second-order valence-corrected chi connectivity index (χ2v) is 10.4. The van der Waals surface area contributed by atoms with Crippen LogP contribution in [0.1, 0.15) is 39.2 Å². The Kier molecular flexibility index (Phi) is 7.20. The highest BCUT2D eigenvalue weighted by Crippen LogP contribution is 2.40. The molecule has 0 saturated carbocycles. The molecule has 7 nitrogen and oxygen atoms in total. The summed E-state index contributed by atoms with van der Waals surface area (Å²) < 4.78 is 0. The third kappa shape index (κ3) is 5.37. The first-order valence-corrected chi connectivity index (χ1v) is 13.1. The predicted octanol–water partition coefficient (Wildman–Crippen LogP) is 7.08. The van der Waals surface area contributed by atoms with Crippen molar-refractivity contribution in [3.05, 3.63) is 105 Å². The van der Waals surface area contributed by atoms with E-state index in [1.54, 1.807) is 36.8 Å². The van der Waals surface area contributed by atoms with Crippen molar-refractivity contribution >= 4 is 51.6 Å². The lowest BCUT2D eigenvalue weighted by Gasteiger charge is -2.12. The van der Waals surface area contributed by atoms with Crippen LogP contribution in [0.3, 0.4) is 0 Å². The molecule has 0 unspecified atom stereocenters. The molecule has 180 valence electrons. The zero-order valence-corrected chi connectivity index (χ0v) is 20.8. The quantitative estimate of drug-likeness (QED) is 0.161. The number of aliphatic imine (C=N–C) groups is 1. The lowest BCUT2D eigenvalue weighted by molar-refractivity contribution is -0.387. The number of pyridine rings is 1. The minimum atomic E-state index is -0.376. The molecule has 9 heteroatoms. The summed E-state index contributed by atoms with van der Waals surface area (Å²) in [7, 11) is 0. The maximum absolute atomic E-state index is 13.2. The van der Waals surface area contributed by atoms with Crippen LogP contribution in [-0.2, 0) is 12.8 Å². The van der Waals surface area contributed by atoms with Crippen LogP contribution in [0.4, 0.5) is 16.4 Å². The number of thiophene rings is 1. The summed E-state index contributed by atoms with van der Waals surface area (Å²) in [6, 6.07) is 18.2. The summed E-state index contributed by atoms with van der Waals surface area (Å²) >= 11 is 2.87. The summed E-state index contributed by atoms with van der Waals surface area (Å²) in [6.07, 6.45) is 8.75. The monoisotopic (exact) mass is 514 g/mol. The highest BCUT2D eigenvalue weighted by molar-refractivity contribution is 7.99. The molecular formula is C27H22N4O3S2. The van der Waals surface area contributed by atoms with Gasteiger partial charge in [-0.1, -0.05) is 36.0 Å². The van der Waals surface area contributed by atoms with Crippen molar-refractivity contribution in [2.24, 2.45) is 4.99 Å². The highest BCUT2D eigenvalue weighted by Gasteiger charge is 2.25. The first kappa shape index (κ1) is 23.9. The molecule has 36 heavy (non-hydrogen) atoms. The minimum Gasteiger partial charge on any atom is -0.320 e. The molecule has 1 N–H and O–H groups in total. The van der Waals surface area contributed by atoms with Gasteiger partial charge in [0.2, 0.25) is 0 Å². The minimum absolute atomic E-state index is 0.0211. The third-order valence-electron chi connectivity index (χ3n) is 5.78. The number of nitro benzene ring substituents is 1. The molecule has 0 spiro atoms. The van der Waals surface area contributed by atoms with Crippen molar-refractivity contribution in [2.75, 3.05) is 5.32 Å². The zero-order chi connectivity index (χ0) is 24.9. The maximum atomic E-state index is 13.2. The van der Waals surface area contributed by atoms with Crippen LogP contribution in [0.5, 0.6) is 0 Å². The van der Waals surface area contributed by atoms with Gasteiger partial charge in [-0.15, -0.1) is 11.3 Å². The van der Waals surface area contributed by atoms with E-state index in [9.17, 15) is 14.9 Å². The van der Waals surface area contributed by atoms with E-state index in [0.29, 0.717) is 26.7 Å². The Hall–Kier alpha value is -3.82. The van der Waals surface area contributed by atoms with Gasteiger partial charge >= 0.3 is 0 Å². The summed E-state index contributed by atoms with van der Waals surface area (Å²) in [5.74, 6) is -0.213. The second-order valence-electron chi connectivity index (χ2n) is 8.24. The van der Waals surface area contributed by atoms with Gasteiger partial charge < -0.3 is 5.32 Å². The van der Waals surface area contributed by atoms with Crippen LogP contribution in [0.25, 0.3) is 0 Å². The van der Waals surface area contributed by atoms with Gasteiger partial charge in [0.15, 0.2) is 0 Å². The molecule has 0 aliphatic heterocycles. The molecular weight excluding hydrogens is 492 g/mol. The van der Waals surface area contributed by atoms with Gasteiger partial charge in [-0.2, -0.15) is 0 Å². The van der Waals surface area contributed by atoms with Gasteiger partial charge in [0.05, 0.1) is 27.3 Å². The maximum Gasteiger partial charge on any atom is 0.283 e. The number of hydrogen-bond acceptors (Lipinski definition) is 7. The number of amides is 1. The molecule has 0 atom stereocenters. The van der Waals surface area contributed by atoms with Crippen molar-refractivity contribution in [3.63, 3.8) is 0 Å². The molecule has 2 aromatic carbocycles. The van der Waals surface area contributed by atoms with Crippen molar-refractivity contribution < 1.29 is 9.72 Å². The summed E-state index contributed by atoms with van der Waals surface area (Å²) in [6.45, 7) is 0. The molecule has 5 rings (SSSR count). The number of aromatic nitrogens is 1. The molecule has 0 radical (unpaired) electrons. The van der Waals surface area contributed by atoms with E-state index < -0.39 is 0 Å². The van der Waals surface area contributed by atoms with E-state index in [4.69, 9.17) is 0 Å². The standard InChI is InChI=1S/C27H22N4O3S2/c32-26(30-19-7-6-14-28-17-19)25-21-10-4-5-11-23(21)36-27(25)29-16-18-12-13-24(22(15-18)31(33)34)35-20-8-2-1-3-9-20/h1-3,6-9,12-17H,4-5,10-11H2,(H,30,32). The lowest BCUT2D eigenvalue weighted by Crippen LogP contribution is -2.14. The molecule has 2 heterocycles. The summed E-state index contributed by atoms with van der Waals surface area (Å²) in [4.78, 5) is 36.0. The predicted molar refractivity (Wildman–Crippen MR) is 144 cm³/mol. The van der Waals surface area contributed by atoms with Crippen molar-refractivity contribution in [1.82, 2.24) is 4.98 Å². The fraction of sp³-hybridized carbons (Fsp3) is 0.148. The number of benzene rings is 2. The largest absolute Gasteiger partial charge is 0.320 e. The number of anilines is 1. The molecule has 4 aromatic rings. The van der Waals surface area contributed by atoms with Crippen LogP contribution >= 0.6 is 23.1 Å². The Morgan fingerprint density at radius 3 is 2.72 bits per heavy atom. The molecule has 1 aliphatic rings. The number of aryl methyl sites for hydroxylation is 1. The van der Waals surface area contributed by atoms with Gasteiger partial charge in [-0.05, 0) is 67.1 Å². The van der Waals surface area contributed by atoms with E-state index in [2.05, 4.69) is 15.3 Å². The van der Waals surface area contributed by atoms with Gasteiger partial charge in [0.25, 0.3) is 11.6 Å². The number of carbonyl (C=O) groups is 1.